The van der Waals surface area contributed by atoms with E-state index in [2.05, 4.69) is 73.1 Å². The lowest BCUT2D eigenvalue weighted by Gasteiger charge is -2.41. The zero-order valence-electron chi connectivity index (χ0n) is 28.9. The quantitative estimate of drug-likeness (QED) is 0.202. The summed E-state index contributed by atoms with van der Waals surface area (Å²) in [6, 6.07) is 16.4. The monoisotopic (exact) mass is 657 g/mol. The third kappa shape index (κ3) is 7.72. The van der Waals surface area contributed by atoms with E-state index in [-0.39, 0.29) is 23.2 Å². The SMILES string of the molecule is Cc1ccc(-n2ncc3c(=O)n(CC4(O)CCN(Cc5ccc(OC6CCC(O[Si](C)(C)C(C)(C)C)CC6)cc5)CC4)cnc32)cc1. The van der Waals surface area contributed by atoms with E-state index in [9.17, 15) is 9.90 Å². The highest BCUT2D eigenvalue weighted by Crippen LogP contribution is 2.39. The van der Waals surface area contributed by atoms with E-state index >= 15 is 0 Å². The van der Waals surface area contributed by atoms with Gasteiger partial charge in [0, 0.05) is 25.7 Å². The molecule has 1 aliphatic heterocycles. The summed E-state index contributed by atoms with van der Waals surface area (Å²) in [5.74, 6) is 0.927. The maximum absolute atomic E-state index is 13.3. The predicted octanol–water partition coefficient (Wildman–Crippen LogP) is 6.63. The highest BCUT2D eigenvalue weighted by molar-refractivity contribution is 6.74. The number of aliphatic hydroxyl groups is 1. The maximum Gasteiger partial charge on any atom is 0.264 e. The number of aryl methyl sites for hydroxylation is 1. The number of rotatable bonds is 9. The summed E-state index contributed by atoms with van der Waals surface area (Å²) >= 11 is 0. The molecule has 47 heavy (non-hydrogen) atoms. The first-order valence-electron chi connectivity index (χ1n) is 17.2. The number of piperidine rings is 1. The molecule has 1 aliphatic carbocycles. The van der Waals surface area contributed by atoms with Crippen molar-refractivity contribution in [2.75, 3.05) is 13.1 Å². The third-order valence-electron chi connectivity index (χ3n) is 10.6. The van der Waals surface area contributed by atoms with Crippen LogP contribution in [0.1, 0.15) is 70.4 Å². The van der Waals surface area contributed by atoms with E-state index in [1.54, 1.807) is 17.2 Å². The number of ether oxygens (including phenoxy) is 1. The molecule has 10 heteroatoms. The molecule has 6 rings (SSSR count). The molecule has 9 nitrogen and oxygen atoms in total. The van der Waals surface area contributed by atoms with Gasteiger partial charge < -0.3 is 14.3 Å². The predicted molar refractivity (Wildman–Crippen MR) is 189 cm³/mol. The molecule has 1 N–H and O–H groups in total. The van der Waals surface area contributed by atoms with Crippen LogP contribution in [0.15, 0.2) is 65.8 Å². The van der Waals surface area contributed by atoms with Gasteiger partial charge in [0.25, 0.3) is 5.56 Å². The Labute approximate surface area is 279 Å². The number of fused-ring (bicyclic) bond motifs is 1. The van der Waals surface area contributed by atoms with E-state index in [0.29, 0.717) is 30.0 Å². The highest BCUT2D eigenvalue weighted by Gasteiger charge is 2.40. The molecule has 2 aromatic carbocycles. The van der Waals surface area contributed by atoms with Gasteiger partial charge >= 0.3 is 0 Å². The summed E-state index contributed by atoms with van der Waals surface area (Å²) in [5, 5.41) is 16.6. The van der Waals surface area contributed by atoms with Crippen LogP contribution < -0.4 is 10.3 Å². The maximum atomic E-state index is 13.3. The topological polar surface area (TPSA) is 94.6 Å². The highest BCUT2D eigenvalue weighted by atomic mass is 28.4. The van der Waals surface area contributed by atoms with Gasteiger partial charge in [0.05, 0.1) is 30.1 Å². The van der Waals surface area contributed by atoms with Gasteiger partial charge in [-0.05, 0) is 93.4 Å². The first kappa shape index (κ1) is 33.6. The van der Waals surface area contributed by atoms with E-state index in [1.807, 2.05) is 31.2 Å². The van der Waals surface area contributed by atoms with E-state index in [1.165, 1.54) is 10.1 Å². The van der Waals surface area contributed by atoms with Crippen LogP contribution in [0.25, 0.3) is 16.7 Å². The molecule has 2 aromatic heterocycles. The van der Waals surface area contributed by atoms with Gasteiger partial charge in [-0.1, -0.05) is 50.6 Å². The fourth-order valence-corrected chi connectivity index (χ4v) is 7.95. The van der Waals surface area contributed by atoms with Gasteiger partial charge in [0.1, 0.15) is 17.5 Å². The Morgan fingerprint density at radius 2 is 1.60 bits per heavy atom. The molecule has 0 unspecified atom stereocenters. The van der Waals surface area contributed by atoms with E-state index < -0.39 is 13.9 Å². The second-order valence-corrected chi connectivity index (χ2v) is 20.1. The minimum atomic E-state index is -1.74. The Hall–Kier alpha value is -3.31. The Bertz CT molecular complexity index is 1710. The van der Waals surface area contributed by atoms with Crippen molar-refractivity contribution >= 4 is 19.4 Å². The Balaban J connectivity index is 0.979. The van der Waals surface area contributed by atoms with Crippen LogP contribution in [-0.2, 0) is 17.5 Å². The number of aromatic nitrogens is 4. The summed E-state index contributed by atoms with van der Waals surface area (Å²) in [4.78, 5) is 20.3. The lowest BCUT2D eigenvalue weighted by molar-refractivity contribution is -0.0364. The van der Waals surface area contributed by atoms with Crippen molar-refractivity contribution in [1.29, 1.82) is 0 Å². The van der Waals surface area contributed by atoms with Crippen LogP contribution in [0.2, 0.25) is 18.1 Å². The number of hydrogen-bond donors (Lipinski definition) is 1. The van der Waals surface area contributed by atoms with Crippen molar-refractivity contribution in [2.24, 2.45) is 0 Å². The van der Waals surface area contributed by atoms with E-state index in [0.717, 1.165) is 62.3 Å². The molecule has 4 aromatic rings. The minimum absolute atomic E-state index is 0.181. The Morgan fingerprint density at radius 1 is 0.957 bits per heavy atom. The average molecular weight is 658 g/mol. The third-order valence-corrected chi connectivity index (χ3v) is 15.1. The van der Waals surface area contributed by atoms with Crippen molar-refractivity contribution in [3.05, 3.63) is 82.5 Å². The fraction of sp³-hybridized carbons (Fsp3) is 0.541. The summed E-state index contributed by atoms with van der Waals surface area (Å²) in [5.41, 5.74) is 2.61. The van der Waals surface area contributed by atoms with Crippen molar-refractivity contribution in [1.82, 2.24) is 24.2 Å². The summed E-state index contributed by atoms with van der Waals surface area (Å²) < 4.78 is 16.2. The molecule has 2 aliphatic rings. The van der Waals surface area contributed by atoms with Gasteiger partial charge in [0.2, 0.25) is 0 Å². The number of benzene rings is 2. The standard InChI is InChI=1S/C37H51N5O4Si/c1-27-7-11-29(12-8-27)42-34-33(23-39-42)35(43)41(26-38-34)25-37(44)19-21-40(22-20-37)24-28-9-13-30(14-10-28)45-31-15-17-32(18-16-31)46-47(5,6)36(2,3)4/h7-14,23,26,31-32,44H,15-22,24-25H2,1-6H3. The normalized spacial score (nSPS) is 20.8. The Kier molecular flexibility index (Phi) is 9.50. The molecule has 0 amide bonds. The van der Waals surface area contributed by atoms with Gasteiger partial charge in [-0.15, -0.1) is 0 Å². The molecule has 0 bridgehead atoms. The fourth-order valence-electron chi connectivity index (χ4n) is 6.52. The van der Waals surface area contributed by atoms with Crippen LogP contribution in [0.5, 0.6) is 5.75 Å². The lowest BCUT2D eigenvalue weighted by Crippen LogP contribution is -2.47. The van der Waals surface area contributed by atoms with E-state index in [4.69, 9.17) is 9.16 Å². The Morgan fingerprint density at radius 3 is 2.23 bits per heavy atom. The average Bonchev–Trinajstić information content (AvgIpc) is 3.46. The van der Waals surface area contributed by atoms with Gasteiger partial charge in [0.15, 0.2) is 14.0 Å². The molecule has 1 saturated carbocycles. The van der Waals surface area contributed by atoms with Crippen LogP contribution in [0.3, 0.4) is 0 Å². The second kappa shape index (κ2) is 13.3. The largest absolute Gasteiger partial charge is 0.490 e. The zero-order chi connectivity index (χ0) is 33.4. The molecule has 252 valence electrons. The first-order chi connectivity index (χ1) is 22.3. The van der Waals surface area contributed by atoms with Crippen molar-refractivity contribution in [2.45, 2.75) is 115 Å². The summed E-state index contributed by atoms with van der Waals surface area (Å²) in [6.07, 6.45) is 9.08. The number of likely N-dealkylation sites (tertiary alicyclic amines) is 1. The van der Waals surface area contributed by atoms with Crippen LogP contribution in [-0.4, -0.2) is 68.6 Å². The molecule has 0 radical (unpaired) electrons. The van der Waals surface area contributed by atoms with Crippen LogP contribution in [0.4, 0.5) is 0 Å². The summed E-state index contributed by atoms with van der Waals surface area (Å²) in [7, 11) is -1.74. The second-order valence-electron chi connectivity index (χ2n) is 15.3. The smallest absolute Gasteiger partial charge is 0.264 e. The van der Waals surface area contributed by atoms with Gasteiger partial charge in [-0.25, -0.2) is 9.67 Å². The number of hydrogen-bond acceptors (Lipinski definition) is 7. The van der Waals surface area contributed by atoms with Gasteiger partial charge in [-0.2, -0.15) is 5.10 Å². The van der Waals surface area contributed by atoms with Crippen molar-refractivity contribution in [3.8, 4) is 11.4 Å². The van der Waals surface area contributed by atoms with Crippen LogP contribution >= 0.6 is 0 Å². The van der Waals surface area contributed by atoms with Crippen LogP contribution in [0, 0.1) is 6.92 Å². The van der Waals surface area contributed by atoms with Crippen molar-refractivity contribution in [3.63, 3.8) is 0 Å². The molecular formula is C37H51N5O4Si. The summed E-state index contributed by atoms with van der Waals surface area (Å²) in [6.45, 7) is 16.2. The molecule has 0 spiro atoms. The molecule has 2 fully saturated rings. The van der Waals surface area contributed by atoms with Crippen molar-refractivity contribution < 1.29 is 14.3 Å². The lowest BCUT2D eigenvalue weighted by atomic mass is 9.91. The molecule has 1 saturated heterocycles. The number of nitrogens with zero attached hydrogens (tertiary/aromatic N) is 5. The van der Waals surface area contributed by atoms with Gasteiger partial charge in [-0.3, -0.25) is 14.3 Å². The first-order valence-corrected chi connectivity index (χ1v) is 20.1. The molecule has 3 heterocycles. The molecular weight excluding hydrogens is 607 g/mol. The minimum Gasteiger partial charge on any atom is -0.490 e. The molecule has 0 atom stereocenters. The zero-order valence-corrected chi connectivity index (χ0v) is 29.9.